The molecule has 0 aliphatic heterocycles. The molecule has 0 atom stereocenters. The highest BCUT2D eigenvalue weighted by Gasteiger charge is 2.26. The van der Waals surface area contributed by atoms with Crippen molar-refractivity contribution >= 4 is 27.6 Å². The zero-order valence-electron chi connectivity index (χ0n) is 12.6. The van der Waals surface area contributed by atoms with Crippen molar-refractivity contribution in [2.24, 2.45) is 0 Å². The lowest BCUT2D eigenvalue weighted by Crippen LogP contribution is -2.12. The number of carbonyl (C=O) groups excluding carboxylic acids is 1. The Hall–Kier alpha value is -1.93. The van der Waals surface area contributed by atoms with Gasteiger partial charge in [0.25, 0.3) is 0 Å². The van der Waals surface area contributed by atoms with Crippen LogP contribution in [0, 0.1) is 0 Å². The number of hydrogen-bond donors (Lipinski definition) is 0. The molecule has 0 aliphatic rings. The summed E-state index contributed by atoms with van der Waals surface area (Å²) in [6.45, 7) is 0.0601. The fourth-order valence-corrected chi connectivity index (χ4v) is 2.97. The van der Waals surface area contributed by atoms with Crippen LogP contribution in [0.3, 0.4) is 0 Å². The van der Waals surface area contributed by atoms with E-state index in [1.54, 1.807) is 11.8 Å². The highest BCUT2D eigenvalue weighted by molar-refractivity contribution is 7.98. The van der Waals surface area contributed by atoms with E-state index in [-0.39, 0.29) is 12.2 Å². The molecule has 0 saturated carbocycles. The molecule has 0 fully saturated rings. The van der Waals surface area contributed by atoms with Gasteiger partial charge in [-0.2, -0.15) is 8.78 Å². The molecule has 0 heterocycles. The number of esters is 1. The maximum absolute atomic E-state index is 12.4. The summed E-state index contributed by atoms with van der Waals surface area (Å²) in [4.78, 5) is 12.5. The van der Waals surface area contributed by atoms with E-state index in [4.69, 9.17) is 4.74 Å². The second kappa shape index (κ2) is 7.76. The van der Waals surface area contributed by atoms with Gasteiger partial charge in [-0.1, -0.05) is 12.1 Å². The van der Waals surface area contributed by atoms with E-state index in [0.717, 1.165) is 34.7 Å². The summed E-state index contributed by atoms with van der Waals surface area (Å²) in [6, 6.07) is 11.7. The zero-order chi connectivity index (χ0) is 17.7. The highest BCUT2D eigenvalue weighted by atomic mass is 32.2. The van der Waals surface area contributed by atoms with Crippen LogP contribution in [0.5, 0.6) is 0 Å². The first-order valence-electron chi connectivity index (χ1n) is 6.77. The van der Waals surface area contributed by atoms with Crippen LogP contribution in [0.15, 0.2) is 58.3 Å². The molecule has 2 rings (SSSR count). The van der Waals surface area contributed by atoms with Gasteiger partial charge in [0.15, 0.2) is 0 Å². The lowest BCUT2D eigenvalue weighted by molar-refractivity contribution is 0.0472. The van der Waals surface area contributed by atoms with E-state index in [1.807, 2.05) is 30.5 Å². The van der Waals surface area contributed by atoms with Crippen molar-refractivity contribution in [2.45, 2.75) is 22.2 Å². The normalized spacial score (nSPS) is 11.5. The van der Waals surface area contributed by atoms with Crippen molar-refractivity contribution < 1.29 is 26.7 Å². The molecule has 0 spiro atoms. The molecular formula is C16H14F2O4S2. The van der Waals surface area contributed by atoms with Crippen LogP contribution < -0.4 is 0 Å². The van der Waals surface area contributed by atoms with Gasteiger partial charge in [-0.25, -0.2) is 13.2 Å². The highest BCUT2D eigenvalue weighted by Crippen LogP contribution is 2.19. The monoisotopic (exact) mass is 372 g/mol. The maximum Gasteiger partial charge on any atom is 0.341 e. The number of hydrogen-bond acceptors (Lipinski definition) is 5. The quantitative estimate of drug-likeness (QED) is 0.571. The van der Waals surface area contributed by atoms with E-state index >= 15 is 0 Å². The van der Waals surface area contributed by atoms with Crippen LogP contribution in [0.1, 0.15) is 15.9 Å². The first kappa shape index (κ1) is 18.4. The maximum atomic E-state index is 12.4. The number of sulfone groups is 1. The second-order valence-corrected chi connectivity index (χ2v) is 7.55. The first-order valence-corrected chi connectivity index (χ1v) is 9.54. The number of alkyl halides is 2. The molecule has 128 valence electrons. The third-order valence-electron chi connectivity index (χ3n) is 3.18. The van der Waals surface area contributed by atoms with Gasteiger partial charge in [-0.05, 0) is 48.2 Å². The lowest BCUT2D eigenvalue weighted by Gasteiger charge is -2.07. The molecule has 0 aliphatic carbocycles. The molecular weight excluding hydrogens is 358 g/mol. The molecule has 0 radical (unpaired) electrons. The summed E-state index contributed by atoms with van der Waals surface area (Å²) < 4.78 is 52.6. The van der Waals surface area contributed by atoms with Crippen molar-refractivity contribution in [3.05, 3.63) is 59.7 Å². The predicted molar refractivity (Wildman–Crippen MR) is 87.0 cm³/mol. The van der Waals surface area contributed by atoms with Crippen molar-refractivity contribution in [1.29, 1.82) is 0 Å². The Balaban J connectivity index is 2.02. The van der Waals surface area contributed by atoms with Gasteiger partial charge in [-0.3, -0.25) is 0 Å². The number of ether oxygens (including phenoxy) is 1. The van der Waals surface area contributed by atoms with Crippen LogP contribution in [-0.4, -0.2) is 26.4 Å². The lowest BCUT2D eigenvalue weighted by atomic mass is 10.2. The minimum atomic E-state index is -4.67. The molecule has 0 amide bonds. The summed E-state index contributed by atoms with van der Waals surface area (Å²) in [7, 11) is -4.67. The largest absolute Gasteiger partial charge is 0.457 e. The molecule has 0 N–H and O–H groups in total. The van der Waals surface area contributed by atoms with Gasteiger partial charge in [0, 0.05) is 4.90 Å². The fraction of sp³-hybridized carbons (Fsp3) is 0.188. The minimum absolute atomic E-state index is 0.0601. The van der Waals surface area contributed by atoms with Crippen molar-refractivity contribution in [1.82, 2.24) is 0 Å². The number of rotatable bonds is 6. The molecule has 0 bridgehead atoms. The Morgan fingerprint density at radius 3 is 2.17 bits per heavy atom. The van der Waals surface area contributed by atoms with E-state index in [9.17, 15) is 22.0 Å². The molecule has 0 unspecified atom stereocenters. The molecule has 2 aromatic carbocycles. The van der Waals surface area contributed by atoms with Crippen molar-refractivity contribution in [2.75, 3.05) is 6.26 Å². The summed E-state index contributed by atoms with van der Waals surface area (Å²) in [5, 5.41) is 0. The third kappa shape index (κ3) is 4.33. The summed E-state index contributed by atoms with van der Waals surface area (Å²) in [5.41, 5.74) is 0.891. The zero-order valence-corrected chi connectivity index (χ0v) is 14.2. The third-order valence-corrected chi connectivity index (χ3v) is 5.32. The van der Waals surface area contributed by atoms with Gasteiger partial charge >= 0.3 is 11.7 Å². The van der Waals surface area contributed by atoms with Crippen molar-refractivity contribution in [3.8, 4) is 0 Å². The second-order valence-electron chi connectivity index (χ2n) is 4.75. The topological polar surface area (TPSA) is 60.4 Å². The Kier molecular flexibility index (Phi) is 5.95. The first-order chi connectivity index (χ1) is 11.3. The van der Waals surface area contributed by atoms with Crippen LogP contribution in [0.2, 0.25) is 0 Å². The number of carbonyl (C=O) groups is 1. The van der Waals surface area contributed by atoms with Crippen LogP contribution in [0.25, 0.3) is 0 Å². The van der Waals surface area contributed by atoms with Gasteiger partial charge in [0.1, 0.15) is 6.61 Å². The Bertz CT molecular complexity index is 801. The molecule has 8 heteroatoms. The minimum Gasteiger partial charge on any atom is -0.457 e. The molecule has 2 aromatic rings. The van der Waals surface area contributed by atoms with E-state index in [0.29, 0.717) is 0 Å². The van der Waals surface area contributed by atoms with Crippen LogP contribution in [0.4, 0.5) is 8.78 Å². The summed E-state index contributed by atoms with van der Waals surface area (Å²) >= 11 is 1.59. The average Bonchev–Trinajstić information content (AvgIpc) is 2.60. The molecule has 0 saturated heterocycles. The Morgan fingerprint density at radius 1 is 1.08 bits per heavy atom. The Morgan fingerprint density at radius 2 is 1.67 bits per heavy atom. The van der Waals surface area contributed by atoms with Crippen LogP contribution in [-0.2, 0) is 21.2 Å². The SMILES string of the molecule is CSc1ccc(COC(=O)c2ccc(S(=O)(=O)C(F)F)cc2)cc1. The molecule has 4 nitrogen and oxygen atoms in total. The number of thioether (sulfide) groups is 1. The smallest absolute Gasteiger partial charge is 0.341 e. The fourth-order valence-electron chi connectivity index (χ4n) is 1.84. The van der Waals surface area contributed by atoms with Crippen LogP contribution >= 0.6 is 11.8 Å². The van der Waals surface area contributed by atoms with Gasteiger partial charge < -0.3 is 4.74 Å². The van der Waals surface area contributed by atoms with Gasteiger partial charge in [-0.15, -0.1) is 11.8 Å². The summed E-state index contributed by atoms with van der Waals surface area (Å²) in [6.07, 6.45) is 1.95. The van der Waals surface area contributed by atoms with E-state index in [1.165, 1.54) is 0 Å². The van der Waals surface area contributed by atoms with Gasteiger partial charge in [0.2, 0.25) is 9.84 Å². The predicted octanol–water partition coefficient (Wildman–Crippen LogP) is 3.76. The number of benzene rings is 2. The Labute approximate surface area is 142 Å². The van der Waals surface area contributed by atoms with E-state index < -0.39 is 26.5 Å². The standard InChI is InChI=1S/C16H14F2O4S2/c1-23-13-6-2-11(3-7-13)10-22-15(19)12-4-8-14(9-5-12)24(20,21)16(17)18/h2-9,16H,10H2,1H3. The average molecular weight is 372 g/mol. The van der Waals surface area contributed by atoms with Crippen molar-refractivity contribution in [3.63, 3.8) is 0 Å². The summed E-state index contributed by atoms with van der Waals surface area (Å²) in [5.74, 6) is -4.16. The molecule has 24 heavy (non-hydrogen) atoms. The van der Waals surface area contributed by atoms with E-state index in [2.05, 4.69) is 0 Å². The van der Waals surface area contributed by atoms with Gasteiger partial charge in [0.05, 0.1) is 10.5 Å². The molecule has 0 aromatic heterocycles. The number of halogens is 2.